The van der Waals surface area contributed by atoms with Crippen molar-refractivity contribution in [3.63, 3.8) is 0 Å². The van der Waals surface area contributed by atoms with Crippen LogP contribution in [-0.4, -0.2) is 0 Å². The van der Waals surface area contributed by atoms with Gasteiger partial charge in [0.15, 0.2) is 0 Å². The highest BCUT2D eigenvalue weighted by atomic mass is 14.2. The van der Waals surface area contributed by atoms with Crippen LogP contribution in [0.5, 0.6) is 0 Å². The number of rotatable bonds is 4. The molecule has 0 bridgehead atoms. The van der Waals surface area contributed by atoms with Crippen LogP contribution in [0.2, 0.25) is 0 Å². The summed E-state index contributed by atoms with van der Waals surface area (Å²) in [6.45, 7) is 48.9. The Balaban J connectivity index is -0.000000114. The number of benzene rings is 1. The molecule has 0 aliphatic carbocycles. The second-order valence-electron chi connectivity index (χ2n) is 16.1. The number of aryl methyl sites for hydroxylation is 1. The van der Waals surface area contributed by atoms with Gasteiger partial charge in [-0.05, 0) is 46.8 Å². The Morgan fingerprint density at radius 2 is 0.892 bits per heavy atom. The van der Waals surface area contributed by atoms with E-state index >= 15 is 0 Å². The van der Waals surface area contributed by atoms with Crippen LogP contribution >= 0.6 is 0 Å². The van der Waals surface area contributed by atoms with Crippen LogP contribution in [0.15, 0.2) is 55.6 Å². The minimum Gasteiger partial charge on any atom is -0.103 e. The standard InChI is InChI=1S/C10H20.C7H8.C6H12.2C5H12.C4H10/c1-6-10(4,5)8-7-9(2)3;1-7-5-3-2-4-6-7;1-5-6(2,3)4;2*1-5(2,3)4;1-4(2)3/h6,9H,1,7-8H2,2-5H3;2-6H,1H3;5H,1H2,2-4H3;2*1-4H3;4H,1-3H3. The molecule has 0 atom stereocenters. The highest BCUT2D eigenvalue weighted by Gasteiger charge is 2.12. The van der Waals surface area contributed by atoms with E-state index in [2.05, 4.69) is 163 Å². The van der Waals surface area contributed by atoms with Crippen LogP contribution in [-0.2, 0) is 0 Å². The van der Waals surface area contributed by atoms with E-state index in [1.807, 2.05) is 24.3 Å². The highest BCUT2D eigenvalue weighted by molar-refractivity contribution is 5.11. The first kappa shape index (κ1) is 45.6. The lowest BCUT2D eigenvalue weighted by Gasteiger charge is -2.20. The average molecular weight is 519 g/mol. The average Bonchev–Trinajstić information content (AvgIpc) is 2.64. The molecule has 0 N–H and O–H groups in total. The minimum absolute atomic E-state index is 0.306. The molecule has 0 saturated heterocycles. The second kappa shape index (κ2) is 23.8. The summed E-state index contributed by atoms with van der Waals surface area (Å²) in [6.07, 6.45) is 6.55. The predicted octanol–water partition coefficient (Wildman–Crippen LogP) is 13.6. The summed E-state index contributed by atoms with van der Waals surface area (Å²) in [7, 11) is 0. The molecule has 0 aliphatic heterocycles. The molecule has 0 nitrogen and oxygen atoms in total. The molecule has 0 unspecified atom stereocenters. The summed E-state index contributed by atoms with van der Waals surface area (Å²) < 4.78 is 0. The van der Waals surface area contributed by atoms with Crippen LogP contribution in [0.1, 0.15) is 143 Å². The number of hydrogen-bond acceptors (Lipinski definition) is 0. The third kappa shape index (κ3) is 106. The van der Waals surface area contributed by atoms with Gasteiger partial charge in [-0.15, -0.1) is 13.2 Å². The maximum absolute atomic E-state index is 3.81. The van der Waals surface area contributed by atoms with E-state index in [4.69, 9.17) is 0 Å². The first-order valence-electron chi connectivity index (χ1n) is 14.5. The van der Waals surface area contributed by atoms with Crippen molar-refractivity contribution in [3.05, 3.63) is 61.2 Å². The van der Waals surface area contributed by atoms with E-state index < -0.39 is 0 Å². The lowest BCUT2D eigenvalue weighted by molar-refractivity contribution is 0.384. The topological polar surface area (TPSA) is 0 Å². The van der Waals surface area contributed by atoms with Gasteiger partial charge < -0.3 is 0 Å². The van der Waals surface area contributed by atoms with E-state index in [1.165, 1.54) is 18.4 Å². The van der Waals surface area contributed by atoms with Crippen molar-refractivity contribution in [2.24, 2.45) is 33.5 Å². The smallest absolute Gasteiger partial charge is 0.0177 e. The van der Waals surface area contributed by atoms with Gasteiger partial charge in [0.2, 0.25) is 0 Å². The molecule has 1 aromatic carbocycles. The van der Waals surface area contributed by atoms with E-state index in [1.54, 1.807) is 0 Å². The summed E-state index contributed by atoms with van der Waals surface area (Å²) in [5.74, 6) is 1.65. The Hall–Kier alpha value is -1.30. The molecule has 0 amide bonds. The Morgan fingerprint density at radius 3 is 1.03 bits per heavy atom. The quantitative estimate of drug-likeness (QED) is 0.348. The van der Waals surface area contributed by atoms with Crippen molar-refractivity contribution < 1.29 is 0 Å². The van der Waals surface area contributed by atoms with Crippen molar-refractivity contribution in [3.8, 4) is 0 Å². The van der Waals surface area contributed by atoms with E-state index in [9.17, 15) is 0 Å². The Kier molecular flexibility index (Phi) is 29.3. The fourth-order valence-corrected chi connectivity index (χ4v) is 1.30. The molecule has 0 heteroatoms. The first-order chi connectivity index (χ1) is 16.2. The molecule has 0 aliphatic rings. The lowest BCUT2D eigenvalue weighted by atomic mass is 9.86. The van der Waals surface area contributed by atoms with Crippen LogP contribution in [0.4, 0.5) is 0 Å². The summed E-state index contributed by atoms with van der Waals surface area (Å²) in [5, 5.41) is 0. The van der Waals surface area contributed by atoms with Crippen molar-refractivity contribution >= 4 is 0 Å². The molecule has 0 fully saturated rings. The van der Waals surface area contributed by atoms with Crippen LogP contribution in [0.25, 0.3) is 0 Å². The zero-order valence-corrected chi connectivity index (χ0v) is 29.5. The lowest BCUT2D eigenvalue weighted by Crippen LogP contribution is -2.07. The Bertz CT molecular complexity index is 565. The largest absolute Gasteiger partial charge is 0.103 e. The van der Waals surface area contributed by atoms with Gasteiger partial charge in [0.1, 0.15) is 0 Å². The van der Waals surface area contributed by atoms with Gasteiger partial charge in [0, 0.05) is 0 Å². The first-order valence-corrected chi connectivity index (χ1v) is 14.5. The van der Waals surface area contributed by atoms with Crippen LogP contribution < -0.4 is 0 Å². The third-order valence-corrected chi connectivity index (χ3v) is 3.47. The van der Waals surface area contributed by atoms with Gasteiger partial charge in [-0.1, -0.05) is 179 Å². The van der Waals surface area contributed by atoms with Crippen molar-refractivity contribution in [2.45, 2.75) is 144 Å². The SMILES string of the molecule is C=CC(C)(C)C.C=CC(C)(C)CCC(C)C.CC(C)(C)C.CC(C)(C)C.CC(C)C.Cc1ccccc1. The molecular weight excluding hydrogens is 444 g/mol. The summed E-state index contributed by atoms with van der Waals surface area (Å²) >= 11 is 0. The molecule has 37 heavy (non-hydrogen) atoms. The van der Waals surface area contributed by atoms with Gasteiger partial charge in [0.05, 0.1) is 0 Å². The van der Waals surface area contributed by atoms with Crippen LogP contribution in [0.3, 0.4) is 0 Å². The predicted molar refractivity (Wildman–Crippen MR) is 180 cm³/mol. The van der Waals surface area contributed by atoms with Crippen molar-refractivity contribution in [1.29, 1.82) is 0 Å². The summed E-state index contributed by atoms with van der Waals surface area (Å²) in [6, 6.07) is 10.3. The van der Waals surface area contributed by atoms with E-state index in [-0.39, 0.29) is 0 Å². The fraction of sp³-hybridized carbons (Fsp3) is 0.730. The molecular formula is C37H74. The van der Waals surface area contributed by atoms with Gasteiger partial charge in [-0.3, -0.25) is 0 Å². The highest BCUT2D eigenvalue weighted by Crippen LogP contribution is 2.25. The maximum Gasteiger partial charge on any atom is -0.0177 e. The van der Waals surface area contributed by atoms with E-state index in [0.29, 0.717) is 21.7 Å². The number of allylic oxidation sites excluding steroid dienone is 2. The fourth-order valence-electron chi connectivity index (χ4n) is 1.30. The molecule has 1 aromatic rings. The van der Waals surface area contributed by atoms with Crippen LogP contribution in [0, 0.1) is 40.4 Å². The van der Waals surface area contributed by atoms with Gasteiger partial charge in [-0.2, -0.15) is 0 Å². The van der Waals surface area contributed by atoms with E-state index in [0.717, 1.165) is 11.8 Å². The molecule has 0 spiro atoms. The molecule has 1 rings (SSSR count). The zero-order valence-electron chi connectivity index (χ0n) is 29.5. The Morgan fingerprint density at radius 1 is 0.622 bits per heavy atom. The minimum atomic E-state index is 0.306. The number of hydrogen-bond donors (Lipinski definition) is 0. The third-order valence-electron chi connectivity index (χ3n) is 3.47. The van der Waals surface area contributed by atoms with Crippen molar-refractivity contribution in [2.75, 3.05) is 0 Å². The summed E-state index contributed by atoms with van der Waals surface area (Å²) in [4.78, 5) is 0. The second-order valence-corrected chi connectivity index (χ2v) is 16.1. The monoisotopic (exact) mass is 519 g/mol. The molecule has 0 heterocycles. The Labute approximate surface area is 238 Å². The normalized spacial score (nSPS) is 10.9. The van der Waals surface area contributed by atoms with Gasteiger partial charge >= 0.3 is 0 Å². The molecule has 0 radical (unpaired) electrons. The molecule has 0 saturated carbocycles. The maximum atomic E-state index is 3.81. The summed E-state index contributed by atoms with van der Waals surface area (Å²) in [5.41, 5.74) is 2.96. The zero-order chi connectivity index (χ0) is 31.1. The van der Waals surface area contributed by atoms with Crippen molar-refractivity contribution in [1.82, 2.24) is 0 Å². The molecule has 222 valence electrons. The van der Waals surface area contributed by atoms with Gasteiger partial charge in [-0.25, -0.2) is 0 Å². The van der Waals surface area contributed by atoms with Gasteiger partial charge in [0.25, 0.3) is 0 Å². The molecule has 0 aromatic heterocycles.